The Bertz CT molecular complexity index is 1370. The number of aryl methyl sites for hydroxylation is 2. The molecule has 0 radical (unpaired) electrons. The Balaban J connectivity index is 1.91. The highest BCUT2D eigenvalue weighted by Crippen LogP contribution is 2.31. The van der Waals surface area contributed by atoms with E-state index < -0.39 is 11.7 Å². The zero-order chi connectivity index (χ0) is 24.6. The van der Waals surface area contributed by atoms with Gasteiger partial charge in [0, 0.05) is 30.3 Å². The van der Waals surface area contributed by atoms with Crippen molar-refractivity contribution in [3.8, 4) is 11.3 Å². The van der Waals surface area contributed by atoms with Crippen LogP contribution in [0.4, 0.5) is 10.1 Å². The molecular formula is C25H26FN5O3. The zero-order valence-corrected chi connectivity index (χ0v) is 19.5. The standard InChI is InChI=1S/C25H26FN5O3/c1-14(2)31-24-21(13-28-31)20(12-22(29-24)19-11-15(3)34-16(19)4)25(33)30(10-9-23(27)32)18-7-5-17(26)6-8-18/h5-8,11-14H,9-10H2,1-4H3,(H2,27,32). The first-order valence-electron chi connectivity index (χ1n) is 11.0. The average Bonchev–Trinajstić information content (AvgIpc) is 3.36. The van der Waals surface area contributed by atoms with Crippen molar-refractivity contribution in [1.29, 1.82) is 0 Å². The van der Waals surface area contributed by atoms with Crippen molar-refractivity contribution in [2.24, 2.45) is 5.73 Å². The Morgan fingerprint density at radius 1 is 1.18 bits per heavy atom. The monoisotopic (exact) mass is 463 g/mol. The van der Waals surface area contributed by atoms with Crippen LogP contribution in [0.2, 0.25) is 0 Å². The van der Waals surface area contributed by atoms with Gasteiger partial charge in [0.1, 0.15) is 17.3 Å². The summed E-state index contributed by atoms with van der Waals surface area (Å²) in [4.78, 5) is 31.6. The summed E-state index contributed by atoms with van der Waals surface area (Å²) in [5.41, 5.74) is 8.07. The number of hydrogen-bond donors (Lipinski definition) is 1. The SMILES string of the molecule is Cc1cc(-c2cc(C(=O)N(CCC(N)=O)c3ccc(F)cc3)c3cnn(C(C)C)c3n2)c(C)o1. The van der Waals surface area contributed by atoms with Crippen LogP contribution in [-0.2, 0) is 4.79 Å². The van der Waals surface area contributed by atoms with Crippen LogP contribution in [0.1, 0.15) is 48.2 Å². The van der Waals surface area contributed by atoms with Crippen LogP contribution >= 0.6 is 0 Å². The highest BCUT2D eigenvalue weighted by atomic mass is 19.1. The molecule has 0 saturated carbocycles. The number of nitrogens with two attached hydrogens (primary N) is 1. The first-order chi connectivity index (χ1) is 16.2. The Hall–Kier alpha value is -4.01. The van der Waals surface area contributed by atoms with Crippen molar-refractivity contribution in [1.82, 2.24) is 14.8 Å². The van der Waals surface area contributed by atoms with E-state index in [1.807, 2.05) is 33.8 Å². The lowest BCUT2D eigenvalue weighted by Gasteiger charge is -2.23. The quantitative estimate of drug-likeness (QED) is 0.433. The van der Waals surface area contributed by atoms with Crippen LogP contribution in [0.3, 0.4) is 0 Å². The third-order valence-electron chi connectivity index (χ3n) is 5.57. The number of hydrogen-bond acceptors (Lipinski definition) is 5. The van der Waals surface area contributed by atoms with Gasteiger partial charge < -0.3 is 15.1 Å². The van der Waals surface area contributed by atoms with E-state index in [9.17, 15) is 14.0 Å². The van der Waals surface area contributed by atoms with E-state index in [-0.39, 0.29) is 24.9 Å². The summed E-state index contributed by atoms with van der Waals surface area (Å²) in [6.07, 6.45) is 1.57. The number of benzene rings is 1. The number of rotatable bonds is 7. The highest BCUT2D eigenvalue weighted by molar-refractivity contribution is 6.14. The number of furan rings is 1. The van der Waals surface area contributed by atoms with E-state index in [1.165, 1.54) is 29.2 Å². The summed E-state index contributed by atoms with van der Waals surface area (Å²) in [6, 6.07) is 9.11. The minimum atomic E-state index is -0.544. The fourth-order valence-corrected chi connectivity index (χ4v) is 3.93. The number of fused-ring (bicyclic) bond motifs is 1. The van der Waals surface area contributed by atoms with Crippen LogP contribution in [0.15, 0.2) is 47.0 Å². The molecule has 0 saturated heterocycles. The van der Waals surface area contributed by atoms with Gasteiger partial charge in [0.15, 0.2) is 5.65 Å². The minimum absolute atomic E-state index is 0.0125. The molecule has 176 valence electrons. The van der Waals surface area contributed by atoms with E-state index in [1.54, 1.807) is 16.9 Å². The number of carbonyl (C=O) groups excluding carboxylic acids is 2. The first kappa shape index (κ1) is 23.2. The second kappa shape index (κ2) is 9.09. The Kier molecular flexibility index (Phi) is 6.19. The largest absolute Gasteiger partial charge is 0.466 e. The Morgan fingerprint density at radius 2 is 1.88 bits per heavy atom. The maximum absolute atomic E-state index is 13.9. The molecule has 1 aromatic carbocycles. The second-order valence-corrected chi connectivity index (χ2v) is 8.45. The highest BCUT2D eigenvalue weighted by Gasteiger charge is 2.25. The lowest BCUT2D eigenvalue weighted by atomic mass is 10.1. The number of pyridine rings is 1. The summed E-state index contributed by atoms with van der Waals surface area (Å²) in [5.74, 6) is 0.0699. The van der Waals surface area contributed by atoms with Gasteiger partial charge in [-0.05, 0) is 64.1 Å². The van der Waals surface area contributed by atoms with Gasteiger partial charge in [-0.15, -0.1) is 0 Å². The fourth-order valence-electron chi connectivity index (χ4n) is 3.93. The Morgan fingerprint density at radius 3 is 2.47 bits per heavy atom. The minimum Gasteiger partial charge on any atom is -0.466 e. The molecule has 4 aromatic rings. The van der Waals surface area contributed by atoms with Crippen molar-refractivity contribution in [2.75, 3.05) is 11.4 Å². The van der Waals surface area contributed by atoms with Crippen LogP contribution in [0.5, 0.6) is 0 Å². The number of primary amides is 1. The first-order valence-corrected chi connectivity index (χ1v) is 11.0. The molecule has 2 N–H and O–H groups in total. The van der Waals surface area contributed by atoms with Crippen LogP contribution in [0.25, 0.3) is 22.3 Å². The van der Waals surface area contributed by atoms with Crippen molar-refractivity contribution < 1.29 is 18.4 Å². The molecule has 3 heterocycles. The third kappa shape index (κ3) is 4.41. The van der Waals surface area contributed by atoms with Gasteiger partial charge in [0.25, 0.3) is 5.91 Å². The third-order valence-corrected chi connectivity index (χ3v) is 5.57. The van der Waals surface area contributed by atoms with Gasteiger partial charge >= 0.3 is 0 Å². The average molecular weight is 464 g/mol. The van der Waals surface area contributed by atoms with Crippen molar-refractivity contribution in [2.45, 2.75) is 40.2 Å². The van der Waals surface area contributed by atoms with Crippen molar-refractivity contribution >= 4 is 28.5 Å². The smallest absolute Gasteiger partial charge is 0.259 e. The second-order valence-electron chi connectivity index (χ2n) is 8.45. The lowest BCUT2D eigenvalue weighted by Crippen LogP contribution is -2.34. The molecule has 0 aliphatic heterocycles. The summed E-state index contributed by atoms with van der Waals surface area (Å²) >= 11 is 0. The van der Waals surface area contributed by atoms with Gasteiger partial charge in [0.05, 0.1) is 22.8 Å². The maximum atomic E-state index is 13.9. The molecule has 8 nitrogen and oxygen atoms in total. The molecule has 0 atom stereocenters. The fraction of sp³-hybridized carbons (Fsp3) is 0.280. The molecular weight excluding hydrogens is 437 g/mol. The molecule has 34 heavy (non-hydrogen) atoms. The molecule has 0 spiro atoms. The summed E-state index contributed by atoms with van der Waals surface area (Å²) in [5, 5.41) is 5.03. The van der Waals surface area contributed by atoms with E-state index in [0.29, 0.717) is 33.7 Å². The van der Waals surface area contributed by atoms with Gasteiger partial charge in [-0.25, -0.2) is 14.1 Å². The number of amides is 2. The van der Waals surface area contributed by atoms with Gasteiger partial charge in [-0.1, -0.05) is 0 Å². The number of halogens is 1. The van der Waals surface area contributed by atoms with Crippen LogP contribution in [0, 0.1) is 19.7 Å². The van der Waals surface area contributed by atoms with Gasteiger partial charge in [-0.2, -0.15) is 5.10 Å². The van der Waals surface area contributed by atoms with E-state index >= 15 is 0 Å². The summed E-state index contributed by atoms with van der Waals surface area (Å²) < 4.78 is 21.0. The molecule has 0 unspecified atom stereocenters. The summed E-state index contributed by atoms with van der Waals surface area (Å²) in [7, 11) is 0. The van der Waals surface area contributed by atoms with Gasteiger partial charge in [0.2, 0.25) is 5.91 Å². The topological polar surface area (TPSA) is 107 Å². The molecule has 0 aliphatic rings. The molecule has 3 aromatic heterocycles. The maximum Gasteiger partial charge on any atom is 0.259 e. The van der Waals surface area contributed by atoms with Crippen molar-refractivity contribution in [3.05, 3.63) is 65.5 Å². The molecule has 0 aliphatic carbocycles. The van der Waals surface area contributed by atoms with Gasteiger partial charge in [-0.3, -0.25) is 9.59 Å². The Labute approximate surface area is 196 Å². The lowest BCUT2D eigenvalue weighted by molar-refractivity contribution is -0.117. The van der Waals surface area contributed by atoms with Crippen LogP contribution < -0.4 is 10.6 Å². The molecule has 0 fully saturated rings. The molecule has 0 bridgehead atoms. The predicted octanol–water partition coefficient (Wildman–Crippen LogP) is 4.55. The van der Waals surface area contributed by atoms with Crippen LogP contribution in [-0.4, -0.2) is 33.1 Å². The summed E-state index contributed by atoms with van der Waals surface area (Å²) in [6.45, 7) is 7.69. The molecule has 4 rings (SSSR count). The number of nitrogens with zero attached hydrogens (tertiary/aromatic N) is 4. The normalized spacial score (nSPS) is 11.4. The van der Waals surface area contributed by atoms with E-state index in [4.69, 9.17) is 15.1 Å². The predicted molar refractivity (Wildman–Crippen MR) is 127 cm³/mol. The number of aromatic nitrogens is 3. The van der Waals surface area contributed by atoms with E-state index in [2.05, 4.69) is 5.10 Å². The van der Waals surface area contributed by atoms with E-state index in [0.717, 1.165) is 11.3 Å². The zero-order valence-electron chi connectivity index (χ0n) is 19.5. The molecule has 2 amide bonds. The number of carbonyl (C=O) groups is 2. The van der Waals surface area contributed by atoms with Crippen molar-refractivity contribution in [3.63, 3.8) is 0 Å². The molecule has 9 heteroatoms. The number of anilines is 1.